The van der Waals surface area contributed by atoms with Crippen LogP contribution in [0.4, 0.5) is 11.9 Å². The number of hydrogen-bond donors (Lipinski definition) is 1. The Kier molecular flexibility index (Phi) is 2.03. The van der Waals surface area contributed by atoms with Crippen LogP contribution in [0.5, 0.6) is 0 Å². The molecule has 2 heterocycles. The summed E-state index contributed by atoms with van der Waals surface area (Å²) in [6, 6.07) is 0. The van der Waals surface area contributed by atoms with E-state index in [1.54, 1.807) is 11.9 Å². The maximum Gasteiger partial charge on any atom is 0.251 e. The van der Waals surface area contributed by atoms with Crippen LogP contribution in [-0.4, -0.2) is 27.2 Å². The molecule has 0 atom stereocenters. The van der Waals surface area contributed by atoms with E-state index in [4.69, 9.17) is 5.73 Å². The summed E-state index contributed by atoms with van der Waals surface area (Å²) in [4.78, 5) is 12.1. The lowest BCUT2D eigenvalue weighted by Crippen LogP contribution is -2.17. The lowest BCUT2D eigenvalue weighted by atomic mass is 10.3. The van der Waals surface area contributed by atoms with E-state index < -0.39 is 0 Å². The molecule has 1 aromatic heterocycles. The van der Waals surface area contributed by atoms with Crippen molar-refractivity contribution in [3.05, 3.63) is 5.82 Å². The number of nitrogens with two attached hydrogens (primary N) is 1. The second-order valence-corrected chi connectivity index (χ2v) is 3.25. The number of hydrogen-bond acceptors (Lipinski definition) is 6. The molecule has 0 aromatic carbocycles. The Hall–Kier alpha value is -1.72. The third kappa shape index (κ3) is 1.63. The van der Waals surface area contributed by atoms with Crippen molar-refractivity contribution in [1.82, 2.24) is 15.0 Å². The fourth-order valence-corrected chi connectivity index (χ4v) is 1.32. The number of anilines is 2. The molecule has 6 heteroatoms. The minimum absolute atomic E-state index is 0.243. The van der Waals surface area contributed by atoms with Gasteiger partial charge in [0.1, 0.15) is 5.82 Å². The lowest BCUT2D eigenvalue weighted by Gasteiger charge is -2.11. The van der Waals surface area contributed by atoms with Gasteiger partial charge in [-0.05, 0) is 13.8 Å². The van der Waals surface area contributed by atoms with Crippen molar-refractivity contribution in [2.24, 2.45) is 5.10 Å². The molecule has 6 nitrogen and oxygen atoms in total. The van der Waals surface area contributed by atoms with Crippen LogP contribution >= 0.6 is 0 Å². The summed E-state index contributed by atoms with van der Waals surface area (Å²) >= 11 is 0. The molecule has 1 aliphatic heterocycles. The van der Waals surface area contributed by atoms with Crippen molar-refractivity contribution in [3.8, 4) is 0 Å². The van der Waals surface area contributed by atoms with Crippen LogP contribution in [0, 0.1) is 6.92 Å². The van der Waals surface area contributed by atoms with Gasteiger partial charge in [-0.25, -0.2) is 5.01 Å². The number of aryl methyl sites for hydroxylation is 1. The third-order valence-electron chi connectivity index (χ3n) is 1.96. The summed E-state index contributed by atoms with van der Waals surface area (Å²) in [5.41, 5.74) is 6.61. The number of nitrogens with zero attached hydrogens (tertiary/aromatic N) is 5. The molecule has 0 spiro atoms. The summed E-state index contributed by atoms with van der Waals surface area (Å²) in [6.45, 7) is 4.58. The van der Waals surface area contributed by atoms with Crippen molar-refractivity contribution in [2.45, 2.75) is 20.3 Å². The molecule has 2 rings (SSSR count). The van der Waals surface area contributed by atoms with Crippen molar-refractivity contribution >= 4 is 17.6 Å². The topological polar surface area (TPSA) is 80.3 Å². The second-order valence-electron chi connectivity index (χ2n) is 3.25. The molecule has 0 saturated carbocycles. The Morgan fingerprint density at radius 3 is 2.57 bits per heavy atom. The summed E-state index contributed by atoms with van der Waals surface area (Å²) in [6.07, 6.45) is 0.949. The molecule has 0 amide bonds. The van der Waals surface area contributed by atoms with E-state index in [0.29, 0.717) is 11.8 Å². The summed E-state index contributed by atoms with van der Waals surface area (Å²) < 4.78 is 0. The van der Waals surface area contributed by atoms with Crippen LogP contribution in [0.1, 0.15) is 19.2 Å². The highest BCUT2D eigenvalue weighted by atomic mass is 15.5. The normalized spacial score (nSPS) is 15.9. The van der Waals surface area contributed by atoms with Crippen LogP contribution < -0.4 is 10.7 Å². The quantitative estimate of drug-likeness (QED) is 0.694. The second kappa shape index (κ2) is 3.21. The predicted molar refractivity (Wildman–Crippen MR) is 54.0 cm³/mol. The number of nitrogen functional groups attached to an aromatic ring is 1. The molecule has 0 unspecified atom stereocenters. The van der Waals surface area contributed by atoms with E-state index >= 15 is 0 Å². The van der Waals surface area contributed by atoms with Gasteiger partial charge in [-0.15, -0.1) is 0 Å². The van der Waals surface area contributed by atoms with Gasteiger partial charge in [0.15, 0.2) is 0 Å². The molecule has 1 aromatic rings. The van der Waals surface area contributed by atoms with Gasteiger partial charge in [0.25, 0.3) is 5.95 Å². The summed E-state index contributed by atoms with van der Waals surface area (Å²) in [7, 11) is 0. The van der Waals surface area contributed by atoms with Gasteiger partial charge in [0.2, 0.25) is 5.95 Å². The molecule has 74 valence electrons. The van der Waals surface area contributed by atoms with Crippen molar-refractivity contribution in [2.75, 3.05) is 17.3 Å². The van der Waals surface area contributed by atoms with Crippen LogP contribution in [0.2, 0.25) is 0 Å². The third-order valence-corrected chi connectivity index (χ3v) is 1.96. The molecule has 0 bridgehead atoms. The smallest absolute Gasteiger partial charge is 0.251 e. The Bertz CT molecular complexity index is 365. The zero-order chi connectivity index (χ0) is 10.1. The molecule has 0 aliphatic carbocycles. The Morgan fingerprint density at radius 2 is 2.00 bits per heavy atom. The molecular weight excluding hydrogens is 180 g/mol. The van der Waals surface area contributed by atoms with Crippen LogP contribution in [0.15, 0.2) is 5.10 Å². The van der Waals surface area contributed by atoms with Crippen LogP contribution in [-0.2, 0) is 0 Å². The molecule has 1 aliphatic rings. The molecular formula is C8H12N6. The maximum atomic E-state index is 5.52. The molecule has 0 saturated heterocycles. The van der Waals surface area contributed by atoms with Gasteiger partial charge in [-0.2, -0.15) is 20.1 Å². The minimum atomic E-state index is 0.243. The first-order chi connectivity index (χ1) is 6.65. The molecule has 0 fully saturated rings. The maximum absolute atomic E-state index is 5.52. The van der Waals surface area contributed by atoms with Gasteiger partial charge in [0, 0.05) is 12.1 Å². The van der Waals surface area contributed by atoms with E-state index in [-0.39, 0.29) is 5.95 Å². The Labute approximate surface area is 81.9 Å². The fourth-order valence-electron chi connectivity index (χ4n) is 1.32. The number of hydrazone groups is 1. The van der Waals surface area contributed by atoms with E-state index in [1.165, 1.54) is 0 Å². The SMILES string of the molecule is CC1=NN(c2nc(C)nc(N)n2)CC1. The van der Waals surface area contributed by atoms with Crippen molar-refractivity contribution in [1.29, 1.82) is 0 Å². The van der Waals surface area contributed by atoms with E-state index in [1.807, 2.05) is 6.92 Å². The summed E-state index contributed by atoms with van der Waals surface area (Å²) in [5, 5.41) is 6.03. The van der Waals surface area contributed by atoms with Crippen LogP contribution in [0.25, 0.3) is 0 Å². The monoisotopic (exact) mass is 192 g/mol. The number of rotatable bonds is 1. The average molecular weight is 192 g/mol. The first kappa shape index (κ1) is 8.86. The van der Waals surface area contributed by atoms with Crippen molar-refractivity contribution < 1.29 is 0 Å². The van der Waals surface area contributed by atoms with E-state index in [9.17, 15) is 0 Å². The Morgan fingerprint density at radius 1 is 1.21 bits per heavy atom. The Balaban J connectivity index is 2.32. The van der Waals surface area contributed by atoms with Gasteiger partial charge >= 0.3 is 0 Å². The first-order valence-electron chi connectivity index (χ1n) is 4.45. The zero-order valence-electron chi connectivity index (χ0n) is 8.23. The van der Waals surface area contributed by atoms with Crippen molar-refractivity contribution in [3.63, 3.8) is 0 Å². The average Bonchev–Trinajstić information content (AvgIpc) is 2.50. The predicted octanol–water partition coefficient (Wildman–Crippen LogP) is 0.348. The zero-order valence-corrected chi connectivity index (χ0v) is 8.23. The van der Waals surface area contributed by atoms with E-state index in [2.05, 4.69) is 20.1 Å². The summed E-state index contributed by atoms with van der Waals surface area (Å²) in [5.74, 6) is 1.39. The first-order valence-corrected chi connectivity index (χ1v) is 4.45. The molecule has 2 N–H and O–H groups in total. The van der Waals surface area contributed by atoms with Gasteiger partial charge in [0.05, 0.1) is 6.54 Å². The lowest BCUT2D eigenvalue weighted by molar-refractivity contribution is 0.840. The van der Waals surface area contributed by atoms with Gasteiger partial charge in [-0.3, -0.25) is 0 Å². The number of aromatic nitrogens is 3. The molecule has 0 radical (unpaired) electrons. The largest absolute Gasteiger partial charge is 0.368 e. The van der Waals surface area contributed by atoms with E-state index in [0.717, 1.165) is 18.7 Å². The van der Waals surface area contributed by atoms with Crippen LogP contribution in [0.3, 0.4) is 0 Å². The minimum Gasteiger partial charge on any atom is -0.368 e. The highest BCUT2D eigenvalue weighted by molar-refractivity contribution is 5.85. The highest BCUT2D eigenvalue weighted by Gasteiger charge is 2.16. The standard InChI is InChI=1S/C8H12N6/c1-5-3-4-14(13-5)8-11-6(2)10-7(9)12-8/h3-4H2,1-2H3,(H2,9,10,11,12). The van der Waals surface area contributed by atoms with Gasteiger partial charge < -0.3 is 5.73 Å². The van der Waals surface area contributed by atoms with Gasteiger partial charge in [-0.1, -0.05) is 0 Å². The molecule has 14 heavy (non-hydrogen) atoms. The fraction of sp³-hybridized carbons (Fsp3) is 0.500. The highest BCUT2D eigenvalue weighted by Crippen LogP contribution is 2.14.